The summed E-state index contributed by atoms with van der Waals surface area (Å²) in [6, 6.07) is 8.76. The summed E-state index contributed by atoms with van der Waals surface area (Å²) < 4.78 is 78.2. The van der Waals surface area contributed by atoms with Gasteiger partial charge in [0.05, 0.1) is 23.0 Å². The first-order chi connectivity index (χ1) is 13.1. The Hall–Kier alpha value is -3.19. The van der Waals surface area contributed by atoms with Gasteiger partial charge in [-0.15, -0.1) is 0 Å². The summed E-state index contributed by atoms with van der Waals surface area (Å²) in [6.45, 7) is 0. The zero-order chi connectivity index (χ0) is 20.6. The number of nitrogens with zero attached hydrogens (tertiary/aromatic N) is 2. The minimum Gasteiger partial charge on any atom is -0.337 e. The van der Waals surface area contributed by atoms with Gasteiger partial charge in [0, 0.05) is 17.4 Å². The Morgan fingerprint density at radius 3 is 2.46 bits per heavy atom. The van der Waals surface area contributed by atoms with Crippen molar-refractivity contribution in [3.8, 4) is 28.6 Å². The molecule has 0 bridgehead atoms. The number of benzene rings is 2. The van der Waals surface area contributed by atoms with Crippen molar-refractivity contribution in [2.24, 2.45) is 0 Å². The first-order valence-corrected chi connectivity index (χ1v) is 9.59. The largest absolute Gasteiger partial charge is 0.337 e. The Morgan fingerprint density at radius 2 is 1.86 bits per heavy atom. The maximum absolute atomic E-state index is 14.6. The van der Waals surface area contributed by atoms with E-state index in [4.69, 9.17) is 5.26 Å². The number of sulfone groups is 1. The lowest BCUT2D eigenvalue weighted by molar-refractivity contribution is 0.141. The minimum atomic E-state index is -4.03. The van der Waals surface area contributed by atoms with Gasteiger partial charge >= 0.3 is 0 Å². The van der Waals surface area contributed by atoms with E-state index in [1.807, 2.05) is 6.07 Å². The first kappa shape index (κ1) is 19.6. The fourth-order valence-corrected chi connectivity index (χ4v) is 3.37. The summed E-state index contributed by atoms with van der Waals surface area (Å²) in [5, 5.41) is 9.01. The second-order valence-corrected chi connectivity index (χ2v) is 7.86. The molecule has 0 saturated carbocycles. The number of halogens is 4. The average Bonchev–Trinajstić information content (AvgIpc) is 3.08. The fraction of sp³-hybridized carbons (Fsp3) is 0.111. The molecule has 0 spiro atoms. The molecule has 3 rings (SSSR count). The zero-order valence-electron chi connectivity index (χ0n) is 14.2. The van der Waals surface area contributed by atoms with Gasteiger partial charge in [-0.25, -0.2) is 31.0 Å². The van der Waals surface area contributed by atoms with Crippen molar-refractivity contribution in [3.05, 3.63) is 59.4 Å². The van der Waals surface area contributed by atoms with Crippen molar-refractivity contribution in [1.29, 1.82) is 5.26 Å². The number of imidazole rings is 1. The van der Waals surface area contributed by atoms with Gasteiger partial charge in [0.25, 0.3) is 6.43 Å². The van der Waals surface area contributed by atoms with E-state index in [-0.39, 0.29) is 22.5 Å². The van der Waals surface area contributed by atoms with E-state index >= 15 is 0 Å². The molecule has 0 aliphatic carbocycles. The second-order valence-electron chi connectivity index (χ2n) is 5.87. The summed E-state index contributed by atoms with van der Waals surface area (Å²) in [6.07, 6.45) is -2.30. The van der Waals surface area contributed by atoms with Gasteiger partial charge in [-0.1, -0.05) is 12.1 Å². The lowest BCUT2D eigenvalue weighted by Crippen LogP contribution is -2.03. The molecule has 0 fully saturated rings. The number of alkyl halides is 2. The molecule has 1 heterocycles. The number of rotatable bonds is 4. The third-order valence-corrected chi connectivity index (χ3v) is 5.00. The monoisotopic (exact) mass is 409 g/mol. The quantitative estimate of drug-likeness (QED) is 0.653. The highest BCUT2D eigenvalue weighted by Gasteiger charge is 2.24. The van der Waals surface area contributed by atoms with E-state index in [0.29, 0.717) is 18.4 Å². The van der Waals surface area contributed by atoms with E-state index in [9.17, 15) is 26.0 Å². The van der Waals surface area contributed by atoms with Crippen LogP contribution in [0, 0.1) is 23.0 Å². The minimum absolute atomic E-state index is 0.127. The average molecular weight is 409 g/mol. The molecule has 144 valence electrons. The van der Waals surface area contributed by atoms with Crippen LogP contribution in [-0.2, 0) is 9.84 Å². The van der Waals surface area contributed by atoms with E-state index in [2.05, 4.69) is 9.97 Å². The predicted molar refractivity (Wildman–Crippen MR) is 92.2 cm³/mol. The molecule has 1 N–H and O–H groups in total. The van der Waals surface area contributed by atoms with Crippen LogP contribution in [-0.4, -0.2) is 24.6 Å². The van der Waals surface area contributed by atoms with Crippen molar-refractivity contribution in [3.63, 3.8) is 0 Å². The molecule has 3 aromatic rings. The molecular weight excluding hydrogens is 398 g/mol. The van der Waals surface area contributed by atoms with Crippen LogP contribution in [0.25, 0.3) is 22.5 Å². The number of hydrogen-bond donors (Lipinski definition) is 1. The molecule has 0 aliphatic heterocycles. The lowest BCUT2D eigenvalue weighted by atomic mass is 10.0. The van der Waals surface area contributed by atoms with Crippen molar-refractivity contribution >= 4 is 9.84 Å². The smallest absolute Gasteiger partial charge is 0.295 e. The SMILES string of the molecule is CS(=O)(=O)c1cc(F)c(-c2[nH]c(C(F)F)nc2-c2cccc(C#N)c2)cc1F. The van der Waals surface area contributed by atoms with Gasteiger partial charge in [0.1, 0.15) is 16.5 Å². The second kappa shape index (κ2) is 7.09. The van der Waals surface area contributed by atoms with E-state index in [0.717, 1.165) is 0 Å². The lowest BCUT2D eigenvalue weighted by Gasteiger charge is -2.08. The summed E-state index contributed by atoms with van der Waals surface area (Å²) >= 11 is 0. The van der Waals surface area contributed by atoms with Crippen LogP contribution in [0.4, 0.5) is 17.6 Å². The van der Waals surface area contributed by atoms with E-state index in [1.165, 1.54) is 24.3 Å². The maximum Gasteiger partial charge on any atom is 0.295 e. The van der Waals surface area contributed by atoms with Crippen LogP contribution >= 0.6 is 0 Å². The summed E-state index contributed by atoms with van der Waals surface area (Å²) in [5.74, 6) is -3.15. The van der Waals surface area contributed by atoms with Crippen molar-refractivity contribution in [2.45, 2.75) is 11.3 Å². The standard InChI is InChI=1S/C18H11F4N3O2S/c1-28(26,27)14-7-12(19)11(6-13(14)20)16-15(24-18(25-16)17(21)22)10-4-2-3-9(5-10)8-23/h2-7,17H,1H3,(H,24,25). The van der Waals surface area contributed by atoms with Crippen molar-refractivity contribution in [1.82, 2.24) is 9.97 Å². The highest BCUT2D eigenvalue weighted by Crippen LogP contribution is 2.35. The van der Waals surface area contributed by atoms with Gasteiger partial charge in [-0.2, -0.15) is 5.26 Å². The Morgan fingerprint density at radius 1 is 1.14 bits per heavy atom. The molecule has 0 atom stereocenters. The van der Waals surface area contributed by atoms with Gasteiger partial charge in [0.15, 0.2) is 15.7 Å². The Balaban J connectivity index is 2.28. The third-order valence-electron chi connectivity index (χ3n) is 3.88. The van der Waals surface area contributed by atoms with E-state index in [1.54, 1.807) is 0 Å². The van der Waals surface area contributed by atoms with Crippen molar-refractivity contribution < 1.29 is 26.0 Å². The molecule has 0 amide bonds. The number of H-pyrrole nitrogens is 1. The summed E-state index contributed by atoms with van der Waals surface area (Å²) in [7, 11) is -4.03. The number of hydrogen-bond acceptors (Lipinski definition) is 4. The molecule has 0 aliphatic rings. The highest BCUT2D eigenvalue weighted by molar-refractivity contribution is 7.90. The highest BCUT2D eigenvalue weighted by atomic mass is 32.2. The predicted octanol–water partition coefficient (Wildman–Crippen LogP) is 4.23. The molecule has 0 radical (unpaired) electrons. The van der Waals surface area contributed by atoms with Crippen LogP contribution in [0.5, 0.6) is 0 Å². The Labute approximate surface area is 157 Å². The Bertz CT molecular complexity index is 1210. The van der Waals surface area contributed by atoms with Crippen LogP contribution in [0.15, 0.2) is 41.3 Å². The van der Waals surface area contributed by atoms with Gasteiger partial charge in [0.2, 0.25) is 0 Å². The van der Waals surface area contributed by atoms with Crippen LogP contribution < -0.4 is 0 Å². The number of nitrogens with one attached hydrogen (secondary N) is 1. The Kier molecular flexibility index (Phi) is 4.95. The van der Waals surface area contributed by atoms with Crippen LogP contribution in [0.3, 0.4) is 0 Å². The fourth-order valence-electron chi connectivity index (χ4n) is 2.64. The van der Waals surface area contributed by atoms with Gasteiger partial charge in [-0.05, 0) is 24.3 Å². The maximum atomic E-state index is 14.6. The zero-order valence-corrected chi connectivity index (χ0v) is 15.0. The number of aromatic amines is 1. The molecule has 5 nitrogen and oxygen atoms in total. The summed E-state index contributed by atoms with van der Waals surface area (Å²) in [4.78, 5) is 5.16. The normalized spacial score (nSPS) is 11.6. The number of nitriles is 1. The third kappa shape index (κ3) is 3.61. The molecule has 0 unspecified atom stereocenters. The van der Waals surface area contributed by atoms with Crippen molar-refractivity contribution in [2.75, 3.05) is 6.26 Å². The van der Waals surface area contributed by atoms with Gasteiger partial charge in [-0.3, -0.25) is 0 Å². The topological polar surface area (TPSA) is 86.6 Å². The summed E-state index contributed by atoms with van der Waals surface area (Å²) in [5.41, 5.74) is -0.422. The van der Waals surface area contributed by atoms with E-state index < -0.39 is 44.2 Å². The number of aromatic nitrogens is 2. The first-order valence-electron chi connectivity index (χ1n) is 7.70. The molecule has 1 aromatic heterocycles. The molecule has 28 heavy (non-hydrogen) atoms. The van der Waals surface area contributed by atoms with Crippen LogP contribution in [0.1, 0.15) is 17.8 Å². The van der Waals surface area contributed by atoms with Gasteiger partial charge < -0.3 is 4.98 Å². The molecule has 10 heteroatoms. The molecular formula is C18H11F4N3O2S. The molecule has 2 aromatic carbocycles. The molecule has 0 saturated heterocycles. The van der Waals surface area contributed by atoms with Crippen LogP contribution in [0.2, 0.25) is 0 Å².